The van der Waals surface area contributed by atoms with E-state index in [1.54, 1.807) is 6.20 Å². The average molecular weight is 1070 g/mol. The maximum atomic E-state index is 12.9. The summed E-state index contributed by atoms with van der Waals surface area (Å²) in [5.41, 5.74) is 0. The van der Waals surface area contributed by atoms with Gasteiger partial charge in [-0.15, -0.1) is 0 Å². The van der Waals surface area contributed by atoms with Gasteiger partial charge in [0.15, 0.2) is 6.10 Å². The van der Waals surface area contributed by atoms with E-state index in [1.165, 1.54) is 111 Å². The van der Waals surface area contributed by atoms with E-state index < -0.39 is 32.5 Å². The lowest BCUT2D eigenvalue weighted by Crippen LogP contribution is -2.30. The predicted octanol–water partition coefficient (Wildman–Crippen LogP) is 15.2. The molecule has 1 heterocycles. The highest BCUT2D eigenvalue weighted by atomic mass is 33.1. The maximum absolute atomic E-state index is 12.9. The van der Waals surface area contributed by atoms with Gasteiger partial charge in [0.1, 0.15) is 11.6 Å². The van der Waals surface area contributed by atoms with Crippen LogP contribution in [0.1, 0.15) is 239 Å². The molecule has 0 aliphatic carbocycles. The van der Waals surface area contributed by atoms with Crippen molar-refractivity contribution < 1.29 is 42.4 Å². The predicted molar refractivity (Wildman–Crippen MR) is 302 cm³/mol. The van der Waals surface area contributed by atoms with Gasteiger partial charge in [0.05, 0.1) is 13.2 Å². The van der Waals surface area contributed by atoms with Gasteiger partial charge in [-0.1, -0.05) is 196 Å². The van der Waals surface area contributed by atoms with E-state index in [-0.39, 0.29) is 44.9 Å². The van der Waals surface area contributed by atoms with Crippen LogP contribution in [0.25, 0.3) is 0 Å². The van der Waals surface area contributed by atoms with Crippen molar-refractivity contribution in [1.82, 2.24) is 10.3 Å². The van der Waals surface area contributed by atoms with Gasteiger partial charge >= 0.3 is 19.8 Å². The number of pyridine rings is 1. The molecule has 0 fully saturated rings. The summed E-state index contributed by atoms with van der Waals surface area (Å²) in [6.07, 6.45) is 36.8. The zero-order chi connectivity index (χ0) is 52.8. The normalized spacial score (nSPS) is 11.8. The van der Waals surface area contributed by atoms with Gasteiger partial charge in [0.25, 0.3) is 0 Å². The lowest BCUT2D eigenvalue weighted by molar-refractivity contribution is -0.161. The zero-order valence-electron chi connectivity index (χ0n) is 45.1. The summed E-state index contributed by atoms with van der Waals surface area (Å²) in [4.78, 5) is 52.3. The number of unbranched alkanes of at least 4 members (excludes halogenated alkanes) is 28. The van der Waals surface area contributed by atoms with Crippen molar-refractivity contribution in [3.8, 4) is 47.4 Å². The van der Waals surface area contributed by atoms with E-state index in [0.29, 0.717) is 18.6 Å². The Morgan fingerprint density at radius 2 is 1.04 bits per heavy atom. The van der Waals surface area contributed by atoms with Crippen LogP contribution >= 0.6 is 29.4 Å². The minimum absolute atomic E-state index is 0.00653. The fourth-order valence-corrected chi connectivity index (χ4v) is 10.0. The Labute approximate surface area is 451 Å². The smallest absolute Gasteiger partial charge is 0.462 e. The van der Waals surface area contributed by atoms with Gasteiger partial charge in [0, 0.05) is 63.4 Å². The van der Waals surface area contributed by atoms with Crippen molar-refractivity contribution in [2.75, 3.05) is 32.1 Å². The van der Waals surface area contributed by atoms with Crippen LogP contribution in [-0.2, 0) is 37.5 Å². The van der Waals surface area contributed by atoms with Crippen molar-refractivity contribution in [2.45, 2.75) is 250 Å². The number of phosphoric ester groups is 1. The van der Waals surface area contributed by atoms with Crippen molar-refractivity contribution in [1.29, 1.82) is 0 Å². The molecule has 2 N–H and O–H groups in total. The molecular weight excluding hydrogens is 976 g/mol. The number of carbonyl (C=O) groups is 3. The molecular formula is C59H93N2O9PS2. The minimum Gasteiger partial charge on any atom is -0.462 e. The molecule has 1 unspecified atom stereocenters. The summed E-state index contributed by atoms with van der Waals surface area (Å²) in [6.45, 7) is 3.37. The molecule has 1 aromatic heterocycles. The monoisotopic (exact) mass is 1070 g/mol. The zero-order valence-corrected chi connectivity index (χ0v) is 47.6. The highest BCUT2D eigenvalue weighted by Crippen LogP contribution is 2.43. The third-order valence-electron chi connectivity index (χ3n) is 11.7. The number of esters is 2. The number of phosphoric acid groups is 1. The second kappa shape index (κ2) is 52.1. The fourth-order valence-electron chi connectivity index (χ4n) is 7.41. The highest BCUT2D eigenvalue weighted by Gasteiger charge is 2.26. The molecule has 0 radical (unpaired) electrons. The third kappa shape index (κ3) is 49.3. The number of hydrogen-bond donors (Lipinski definition) is 2. The molecule has 0 saturated carbocycles. The summed E-state index contributed by atoms with van der Waals surface area (Å²) in [5.74, 6) is 24.0. The third-order valence-corrected chi connectivity index (χ3v) is 14.9. The molecule has 11 nitrogen and oxygen atoms in total. The number of carbonyl (C=O) groups excluding carboxylic acids is 3. The fraction of sp³-hybridized carbons (Fsp3) is 0.729. The molecule has 0 bridgehead atoms. The molecule has 0 aromatic carbocycles. The quantitative estimate of drug-likeness (QED) is 0.0210. The van der Waals surface area contributed by atoms with E-state index in [0.717, 1.165) is 108 Å². The molecule has 1 amide bonds. The molecule has 0 saturated heterocycles. The van der Waals surface area contributed by atoms with Gasteiger partial charge in [-0.25, -0.2) is 9.55 Å². The molecule has 73 heavy (non-hydrogen) atoms. The molecule has 0 aliphatic rings. The van der Waals surface area contributed by atoms with Crippen molar-refractivity contribution in [3.05, 3.63) is 24.4 Å². The van der Waals surface area contributed by atoms with Gasteiger partial charge in [0.2, 0.25) is 5.91 Å². The molecule has 0 spiro atoms. The van der Waals surface area contributed by atoms with Gasteiger partial charge in [-0.3, -0.25) is 23.4 Å². The molecule has 1 aromatic rings. The molecule has 14 heteroatoms. The van der Waals surface area contributed by atoms with Crippen LogP contribution < -0.4 is 5.32 Å². The Morgan fingerprint density at radius 3 is 1.51 bits per heavy atom. The van der Waals surface area contributed by atoms with Crippen LogP contribution in [0.4, 0.5) is 0 Å². The van der Waals surface area contributed by atoms with Crippen LogP contribution in [0.2, 0.25) is 0 Å². The summed E-state index contributed by atoms with van der Waals surface area (Å²) in [5, 5.41) is 3.51. The van der Waals surface area contributed by atoms with Crippen LogP contribution in [0, 0.1) is 47.4 Å². The topological polar surface area (TPSA) is 150 Å². The van der Waals surface area contributed by atoms with E-state index in [1.807, 2.05) is 18.2 Å². The van der Waals surface area contributed by atoms with Crippen LogP contribution in [0.15, 0.2) is 29.4 Å². The summed E-state index contributed by atoms with van der Waals surface area (Å²) >= 11 is 0. The highest BCUT2D eigenvalue weighted by molar-refractivity contribution is 8.76. The number of nitrogens with one attached hydrogen (secondary N) is 1. The minimum atomic E-state index is -4.59. The summed E-state index contributed by atoms with van der Waals surface area (Å²) in [6, 6.07) is 5.62. The van der Waals surface area contributed by atoms with Crippen molar-refractivity contribution >= 4 is 47.3 Å². The van der Waals surface area contributed by atoms with Crippen LogP contribution in [-0.4, -0.2) is 65.9 Å². The number of amides is 1. The van der Waals surface area contributed by atoms with E-state index in [4.69, 9.17) is 18.5 Å². The van der Waals surface area contributed by atoms with Crippen LogP contribution in [0.5, 0.6) is 0 Å². The Bertz CT molecular complexity index is 1840. The van der Waals surface area contributed by atoms with Crippen molar-refractivity contribution in [2.24, 2.45) is 0 Å². The van der Waals surface area contributed by atoms with E-state index >= 15 is 0 Å². The van der Waals surface area contributed by atoms with Gasteiger partial charge in [-0.05, 0) is 85.1 Å². The molecule has 1 rings (SSSR count). The number of aromatic nitrogens is 1. The molecule has 410 valence electrons. The SMILES string of the molecule is CCCCCCCCCCC#CC#CCCCCCCCCC(=O)OC[C@H](COP(=O)(O)OCCNC(=O)CCSSc1ccccn1)OC(=O)CCCCCCCCC#CC#CCCCCCCCCCC. The van der Waals surface area contributed by atoms with Crippen molar-refractivity contribution in [3.63, 3.8) is 0 Å². The average Bonchev–Trinajstić information content (AvgIpc) is 3.38. The number of rotatable bonds is 47. The Kier molecular flexibility index (Phi) is 48.2. The number of ether oxygens (including phenoxy) is 2. The van der Waals surface area contributed by atoms with E-state index in [9.17, 15) is 23.8 Å². The number of hydrogen-bond acceptors (Lipinski definition) is 11. The first kappa shape index (κ1) is 67.6. The lowest BCUT2D eigenvalue weighted by atomic mass is 10.1. The van der Waals surface area contributed by atoms with Gasteiger partial charge < -0.3 is 19.7 Å². The Hall–Kier alpha value is -3.39. The van der Waals surface area contributed by atoms with E-state index in [2.05, 4.69) is 71.5 Å². The Balaban J connectivity index is 2.38. The summed E-state index contributed by atoms with van der Waals surface area (Å²) < 4.78 is 34.0. The number of nitrogens with zero attached hydrogens (tertiary/aromatic N) is 1. The largest absolute Gasteiger partial charge is 0.472 e. The Morgan fingerprint density at radius 1 is 0.589 bits per heavy atom. The molecule has 2 atom stereocenters. The maximum Gasteiger partial charge on any atom is 0.472 e. The van der Waals surface area contributed by atoms with Crippen LogP contribution in [0.3, 0.4) is 0 Å². The first-order valence-electron chi connectivity index (χ1n) is 28.1. The second-order valence-corrected chi connectivity index (χ2v) is 22.4. The standard InChI is InChI=1S/C59H93N2O9PS2/c1-3-5-7-9-11-13-15-17-19-21-23-25-27-29-31-33-35-37-39-41-46-58(63)67-53-55(54-69-71(65,66)68-51-50-60-56(62)48-52-72-73-57-45-43-44-49-61-57)70-59(64)47-42-40-38-36-34-32-30-28-26-24-22-20-18-16-14-12-10-8-6-4-2/h43-45,49,55H,3-20,29-42,46-48,50-54H2,1-2H3,(H,60,62)(H,65,66)/t55-/m1/s1. The lowest BCUT2D eigenvalue weighted by Gasteiger charge is -2.20. The molecule has 0 aliphatic heterocycles. The second-order valence-electron chi connectivity index (χ2n) is 18.5. The first-order valence-corrected chi connectivity index (χ1v) is 31.9. The van der Waals surface area contributed by atoms with Gasteiger partial charge in [-0.2, -0.15) is 0 Å². The summed E-state index contributed by atoms with van der Waals surface area (Å²) in [7, 11) is -1.61. The first-order chi connectivity index (χ1) is 35.8.